The third-order valence-corrected chi connectivity index (χ3v) is 6.22. The van der Waals surface area contributed by atoms with Crippen molar-refractivity contribution < 1.29 is 4.74 Å². The molecule has 0 aromatic carbocycles. The van der Waals surface area contributed by atoms with Crippen molar-refractivity contribution in [2.24, 2.45) is 18.5 Å². The molecule has 0 radical (unpaired) electrons. The number of pyridine rings is 1. The molecule has 1 aliphatic heterocycles. The maximum absolute atomic E-state index is 9.63. The van der Waals surface area contributed by atoms with Crippen LogP contribution in [-0.4, -0.2) is 48.6 Å². The van der Waals surface area contributed by atoms with E-state index in [-0.39, 0.29) is 6.10 Å². The van der Waals surface area contributed by atoms with E-state index < -0.39 is 0 Å². The topological polar surface area (TPSA) is 149 Å². The Morgan fingerprint density at radius 2 is 1.89 bits per heavy atom. The van der Waals surface area contributed by atoms with Gasteiger partial charge in [-0.3, -0.25) is 4.68 Å². The smallest absolute Gasteiger partial charge is 0.184 e. The normalized spacial score (nSPS) is 15.2. The van der Waals surface area contributed by atoms with Crippen LogP contribution >= 0.6 is 0 Å². The minimum absolute atomic E-state index is 0.0530. The van der Waals surface area contributed by atoms with Gasteiger partial charge in [0.1, 0.15) is 29.1 Å². The van der Waals surface area contributed by atoms with Gasteiger partial charge in [-0.15, -0.1) is 0 Å². The van der Waals surface area contributed by atoms with Gasteiger partial charge in [0.05, 0.1) is 30.0 Å². The zero-order chi connectivity index (χ0) is 25.9. The standard InChI is InChI=1S/C26H28N10O/c1-17(28)3-5-23(29)37-21-7-9-35(10-8-21)24-6-4-18(12-30-24)25-26-19(11-27)13-32-36(26)16-22(33-25)20-14-31-34(2)15-20/h3-6,12-16,21H,7-10,28-29H2,1-2H3/b17-3-,23-5+. The van der Waals surface area contributed by atoms with Gasteiger partial charge in [-0.05, 0) is 31.2 Å². The molecule has 0 unspecified atom stereocenters. The Kier molecular flexibility index (Phi) is 6.47. The number of rotatable bonds is 6. The van der Waals surface area contributed by atoms with Crippen LogP contribution in [0.25, 0.3) is 28.0 Å². The van der Waals surface area contributed by atoms with Crippen molar-refractivity contribution >= 4 is 11.3 Å². The van der Waals surface area contributed by atoms with E-state index in [1.165, 1.54) is 0 Å². The van der Waals surface area contributed by atoms with Gasteiger partial charge in [0.2, 0.25) is 0 Å². The lowest BCUT2D eigenvalue weighted by Gasteiger charge is -2.33. The zero-order valence-electron chi connectivity index (χ0n) is 20.7. The van der Waals surface area contributed by atoms with Gasteiger partial charge < -0.3 is 21.1 Å². The van der Waals surface area contributed by atoms with Crippen molar-refractivity contribution in [1.82, 2.24) is 29.4 Å². The molecule has 5 rings (SSSR count). The van der Waals surface area contributed by atoms with Gasteiger partial charge in [0.25, 0.3) is 0 Å². The summed E-state index contributed by atoms with van der Waals surface area (Å²) in [6.07, 6.45) is 13.9. The highest BCUT2D eigenvalue weighted by Gasteiger charge is 2.22. The molecule has 0 aliphatic carbocycles. The number of hydrogen-bond donors (Lipinski definition) is 2. The van der Waals surface area contributed by atoms with Gasteiger partial charge in [0.15, 0.2) is 5.88 Å². The average molecular weight is 497 g/mol. The van der Waals surface area contributed by atoms with E-state index in [9.17, 15) is 5.26 Å². The lowest BCUT2D eigenvalue weighted by molar-refractivity contribution is 0.0920. The lowest BCUT2D eigenvalue weighted by atomic mass is 10.1. The molecule has 0 saturated carbocycles. The van der Waals surface area contributed by atoms with Gasteiger partial charge in [0, 0.05) is 62.2 Å². The van der Waals surface area contributed by atoms with E-state index in [1.54, 1.807) is 53.1 Å². The van der Waals surface area contributed by atoms with Gasteiger partial charge in [-0.2, -0.15) is 15.5 Å². The van der Waals surface area contributed by atoms with Crippen LogP contribution in [0.3, 0.4) is 0 Å². The molecule has 11 heteroatoms. The van der Waals surface area contributed by atoms with Crippen molar-refractivity contribution in [1.29, 1.82) is 5.26 Å². The second-order valence-electron chi connectivity index (χ2n) is 9.03. The number of ether oxygens (including phenoxy) is 1. The highest BCUT2D eigenvalue weighted by molar-refractivity contribution is 5.83. The quantitative estimate of drug-likeness (QED) is 0.303. The Bertz CT molecular complexity index is 1510. The van der Waals surface area contributed by atoms with E-state index in [0.717, 1.165) is 42.9 Å². The van der Waals surface area contributed by atoms with Crippen LogP contribution in [0.4, 0.5) is 5.82 Å². The third kappa shape index (κ3) is 5.08. The zero-order valence-corrected chi connectivity index (χ0v) is 20.7. The number of nitrogens with two attached hydrogens (primary N) is 2. The molecule has 5 heterocycles. The number of anilines is 1. The molecular formula is C26H28N10O. The second-order valence-corrected chi connectivity index (χ2v) is 9.03. The highest BCUT2D eigenvalue weighted by Crippen LogP contribution is 2.30. The number of nitrogens with zero attached hydrogens (tertiary/aromatic N) is 8. The summed E-state index contributed by atoms with van der Waals surface area (Å²) in [6.45, 7) is 3.40. The summed E-state index contributed by atoms with van der Waals surface area (Å²) in [6, 6.07) is 6.18. The van der Waals surface area contributed by atoms with Crippen LogP contribution in [0, 0.1) is 11.3 Å². The summed E-state index contributed by atoms with van der Waals surface area (Å²) >= 11 is 0. The van der Waals surface area contributed by atoms with Crippen LogP contribution in [0.1, 0.15) is 25.3 Å². The van der Waals surface area contributed by atoms with Crippen LogP contribution in [0.5, 0.6) is 0 Å². The monoisotopic (exact) mass is 496 g/mol. The molecule has 4 aromatic heterocycles. The van der Waals surface area contributed by atoms with Crippen LogP contribution in [-0.2, 0) is 11.8 Å². The maximum atomic E-state index is 9.63. The Balaban J connectivity index is 1.36. The number of piperidine rings is 1. The number of allylic oxidation sites excluding steroid dienone is 3. The molecule has 11 nitrogen and oxygen atoms in total. The number of fused-ring (bicyclic) bond motifs is 1. The molecule has 1 saturated heterocycles. The predicted octanol–water partition coefficient (Wildman–Crippen LogP) is 2.71. The molecule has 1 fully saturated rings. The van der Waals surface area contributed by atoms with Crippen LogP contribution in [0.2, 0.25) is 0 Å². The first-order valence-electron chi connectivity index (χ1n) is 12.0. The minimum atomic E-state index is 0.0530. The first-order chi connectivity index (χ1) is 17.9. The fraction of sp³-hybridized carbons (Fsp3) is 0.269. The highest BCUT2D eigenvalue weighted by atomic mass is 16.5. The molecule has 188 valence electrons. The summed E-state index contributed by atoms with van der Waals surface area (Å²) in [5.41, 5.74) is 16.4. The maximum Gasteiger partial charge on any atom is 0.184 e. The van der Waals surface area contributed by atoms with E-state index in [2.05, 4.69) is 21.2 Å². The Hall–Kier alpha value is -4.85. The summed E-state index contributed by atoms with van der Waals surface area (Å²) in [4.78, 5) is 11.8. The largest absolute Gasteiger partial charge is 0.476 e. The molecule has 0 bridgehead atoms. The minimum Gasteiger partial charge on any atom is -0.476 e. The summed E-state index contributed by atoms with van der Waals surface area (Å²) in [5.74, 6) is 1.25. The average Bonchev–Trinajstić information content (AvgIpc) is 3.53. The molecule has 4 aromatic rings. The van der Waals surface area contributed by atoms with Gasteiger partial charge >= 0.3 is 0 Å². The van der Waals surface area contributed by atoms with Crippen molar-refractivity contribution in [3.8, 4) is 28.6 Å². The first kappa shape index (κ1) is 23.9. The van der Waals surface area contributed by atoms with Crippen molar-refractivity contribution in [3.63, 3.8) is 0 Å². The summed E-state index contributed by atoms with van der Waals surface area (Å²) in [5, 5.41) is 18.3. The molecule has 0 amide bonds. The SMILES string of the molecule is C/C(N)=C/C=C(\N)OC1CCN(c2ccc(-c3nc(-c4cnn(C)c4)cn4ncc(C#N)c34)cn2)CC1. The molecule has 0 spiro atoms. The van der Waals surface area contributed by atoms with E-state index >= 15 is 0 Å². The van der Waals surface area contributed by atoms with Crippen LogP contribution in [0.15, 0.2) is 66.8 Å². The van der Waals surface area contributed by atoms with Gasteiger partial charge in [-0.25, -0.2) is 14.5 Å². The number of nitriles is 1. The van der Waals surface area contributed by atoms with Crippen molar-refractivity contribution in [2.75, 3.05) is 18.0 Å². The van der Waals surface area contributed by atoms with Crippen molar-refractivity contribution in [3.05, 3.63) is 72.4 Å². The molecule has 37 heavy (non-hydrogen) atoms. The second kappa shape index (κ2) is 10.0. The number of aryl methyl sites for hydroxylation is 1. The van der Waals surface area contributed by atoms with E-state index in [4.69, 9.17) is 26.2 Å². The van der Waals surface area contributed by atoms with E-state index in [1.807, 2.05) is 25.4 Å². The summed E-state index contributed by atoms with van der Waals surface area (Å²) < 4.78 is 9.26. The van der Waals surface area contributed by atoms with Crippen molar-refractivity contribution in [2.45, 2.75) is 25.9 Å². The number of aromatic nitrogens is 6. The van der Waals surface area contributed by atoms with Crippen LogP contribution < -0.4 is 16.4 Å². The Morgan fingerprint density at radius 3 is 2.54 bits per heavy atom. The molecular weight excluding hydrogens is 468 g/mol. The predicted molar refractivity (Wildman–Crippen MR) is 140 cm³/mol. The Morgan fingerprint density at radius 1 is 1.08 bits per heavy atom. The first-order valence-corrected chi connectivity index (χ1v) is 12.0. The molecule has 0 atom stereocenters. The molecule has 4 N–H and O–H groups in total. The lowest BCUT2D eigenvalue weighted by Crippen LogP contribution is -2.37. The number of hydrogen-bond acceptors (Lipinski definition) is 9. The summed E-state index contributed by atoms with van der Waals surface area (Å²) in [7, 11) is 1.86. The molecule has 1 aliphatic rings. The van der Waals surface area contributed by atoms with E-state index in [0.29, 0.717) is 34.0 Å². The van der Waals surface area contributed by atoms with Gasteiger partial charge in [-0.1, -0.05) is 0 Å². The Labute approximate surface area is 214 Å². The fourth-order valence-electron chi connectivity index (χ4n) is 4.35. The third-order valence-electron chi connectivity index (χ3n) is 6.22. The fourth-order valence-corrected chi connectivity index (χ4v) is 4.35.